The van der Waals surface area contributed by atoms with Gasteiger partial charge in [0.15, 0.2) is 5.96 Å². The van der Waals surface area contributed by atoms with Crippen molar-refractivity contribution in [1.29, 1.82) is 0 Å². The van der Waals surface area contributed by atoms with Gasteiger partial charge in [0.25, 0.3) is 0 Å². The standard InChI is InChI=1S/C21H34N4O3S.HI/c1-4-28-20(26)17-6-5-9-25(15-17)21(22-3)23-14-18(19-8-7-16(2)29-19)24-10-12-27-13-11-24;/h7-8,17-18H,4-6,9-15H2,1-3H3,(H,22,23);1H/t17-,18?;/m1./s1. The maximum atomic E-state index is 12.2. The summed E-state index contributed by atoms with van der Waals surface area (Å²) in [6.07, 6.45) is 1.86. The molecule has 0 saturated carbocycles. The lowest BCUT2D eigenvalue weighted by molar-refractivity contribution is -0.149. The second-order valence-electron chi connectivity index (χ2n) is 7.58. The van der Waals surface area contributed by atoms with Crippen molar-refractivity contribution in [2.24, 2.45) is 10.9 Å². The van der Waals surface area contributed by atoms with Crippen LogP contribution in [0.3, 0.4) is 0 Å². The van der Waals surface area contributed by atoms with Crippen molar-refractivity contribution in [3.8, 4) is 0 Å². The van der Waals surface area contributed by atoms with Gasteiger partial charge in [-0.25, -0.2) is 0 Å². The molecule has 0 amide bonds. The molecule has 2 saturated heterocycles. The molecule has 1 aromatic heterocycles. The SMILES string of the molecule is CCOC(=O)[C@@H]1CCCN(C(=NC)NCC(c2ccc(C)s2)N2CCOCC2)C1.I. The van der Waals surface area contributed by atoms with Gasteiger partial charge in [-0.2, -0.15) is 0 Å². The smallest absolute Gasteiger partial charge is 0.310 e. The number of morpholine rings is 1. The van der Waals surface area contributed by atoms with Crippen LogP contribution in [0.25, 0.3) is 0 Å². The van der Waals surface area contributed by atoms with E-state index in [2.05, 4.69) is 39.2 Å². The minimum atomic E-state index is -0.0899. The van der Waals surface area contributed by atoms with Gasteiger partial charge in [-0.05, 0) is 38.8 Å². The van der Waals surface area contributed by atoms with Crippen LogP contribution in [0.15, 0.2) is 17.1 Å². The first kappa shape index (κ1) is 25.4. The summed E-state index contributed by atoms with van der Waals surface area (Å²) in [7, 11) is 1.81. The van der Waals surface area contributed by atoms with Crippen molar-refractivity contribution in [1.82, 2.24) is 15.1 Å². The molecule has 3 heterocycles. The number of nitrogens with one attached hydrogen (secondary N) is 1. The van der Waals surface area contributed by atoms with E-state index in [-0.39, 0.29) is 35.9 Å². The number of nitrogens with zero attached hydrogens (tertiary/aromatic N) is 3. The Morgan fingerprint density at radius 2 is 2.13 bits per heavy atom. The molecule has 0 aromatic carbocycles. The number of rotatable bonds is 6. The minimum Gasteiger partial charge on any atom is -0.466 e. The molecule has 1 N–H and O–H groups in total. The number of aliphatic imine (C=N–C) groups is 1. The summed E-state index contributed by atoms with van der Waals surface area (Å²) in [5.74, 6) is 0.704. The Labute approximate surface area is 201 Å². The number of aryl methyl sites for hydroxylation is 1. The number of hydrogen-bond donors (Lipinski definition) is 1. The summed E-state index contributed by atoms with van der Waals surface area (Å²) in [6.45, 7) is 10.3. The van der Waals surface area contributed by atoms with Gasteiger partial charge in [0.1, 0.15) is 0 Å². The summed E-state index contributed by atoms with van der Waals surface area (Å²) in [5, 5.41) is 3.58. The highest BCUT2D eigenvalue weighted by Gasteiger charge is 2.29. The zero-order valence-electron chi connectivity index (χ0n) is 18.3. The van der Waals surface area contributed by atoms with Gasteiger partial charge < -0.3 is 19.7 Å². The molecule has 2 aliphatic heterocycles. The largest absolute Gasteiger partial charge is 0.466 e. The Hall–Kier alpha value is -0.910. The molecule has 2 atom stereocenters. The van der Waals surface area contributed by atoms with E-state index in [1.807, 2.05) is 25.3 Å². The average Bonchev–Trinajstić information content (AvgIpc) is 3.18. The lowest BCUT2D eigenvalue weighted by Crippen LogP contribution is -2.50. The number of halogens is 1. The normalized spacial score (nSPS) is 21.6. The van der Waals surface area contributed by atoms with E-state index in [9.17, 15) is 4.79 Å². The van der Waals surface area contributed by atoms with Crippen molar-refractivity contribution in [3.63, 3.8) is 0 Å². The molecular weight excluding hydrogens is 515 g/mol. The lowest BCUT2D eigenvalue weighted by atomic mass is 9.98. The van der Waals surface area contributed by atoms with E-state index >= 15 is 0 Å². The number of thiophene rings is 1. The summed E-state index contributed by atoms with van der Waals surface area (Å²) >= 11 is 1.86. The van der Waals surface area contributed by atoms with Gasteiger partial charge in [0.2, 0.25) is 0 Å². The zero-order chi connectivity index (χ0) is 20.6. The summed E-state index contributed by atoms with van der Waals surface area (Å²) in [5.41, 5.74) is 0. The molecule has 3 rings (SSSR count). The van der Waals surface area contributed by atoms with E-state index in [4.69, 9.17) is 9.47 Å². The summed E-state index contributed by atoms with van der Waals surface area (Å²) in [4.78, 5) is 24.1. The molecular formula is C21H35IN4O3S. The van der Waals surface area contributed by atoms with Crippen molar-refractivity contribution in [3.05, 3.63) is 21.9 Å². The molecule has 0 bridgehead atoms. The molecule has 9 heteroatoms. The fourth-order valence-corrected chi connectivity index (χ4v) is 5.09. The predicted octanol–water partition coefficient (Wildman–Crippen LogP) is 2.90. The van der Waals surface area contributed by atoms with Crippen LogP contribution in [0.2, 0.25) is 0 Å². The zero-order valence-corrected chi connectivity index (χ0v) is 21.4. The monoisotopic (exact) mass is 550 g/mol. The Morgan fingerprint density at radius 1 is 1.37 bits per heavy atom. The van der Waals surface area contributed by atoms with E-state index in [1.54, 1.807) is 0 Å². The van der Waals surface area contributed by atoms with Crippen LogP contribution in [0.5, 0.6) is 0 Å². The molecule has 2 fully saturated rings. The highest BCUT2D eigenvalue weighted by atomic mass is 127. The fourth-order valence-electron chi connectivity index (χ4n) is 4.07. The third-order valence-corrected chi connectivity index (χ3v) is 6.68. The highest BCUT2D eigenvalue weighted by molar-refractivity contribution is 14.0. The number of carbonyl (C=O) groups excluding carboxylic acids is 1. The first-order valence-electron chi connectivity index (χ1n) is 10.6. The Morgan fingerprint density at radius 3 is 2.77 bits per heavy atom. The number of likely N-dealkylation sites (tertiary alicyclic amines) is 1. The predicted molar refractivity (Wildman–Crippen MR) is 132 cm³/mol. The van der Waals surface area contributed by atoms with Crippen molar-refractivity contribution >= 4 is 47.2 Å². The maximum absolute atomic E-state index is 12.2. The average molecular weight is 551 g/mol. The van der Waals surface area contributed by atoms with Crippen LogP contribution in [0.1, 0.15) is 35.6 Å². The van der Waals surface area contributed by atoms with Crippen LogP contribution in [0.4, 0.5) is 0 Å². The summed E-state index contributed by atoms with van der Waals surface area (Å²) < 4.78 is 10.8. The van der Waals surface area contributed by atoms with E-state index < -0.39 is 0 Å². The number of esters is 1. The molecule has 0 spiro atoms. The van der Waals surface area contributed by atoms with Crippen LogP contribution >= 0.6 is 35.3 Å². The molecule has 0 radical (unpaired) electrons. The Bertz CT molecular complexity index is 694. The quantitative estimate of drug-likeness (QED) is 0.255. The second-order valence-corrected chi connectivity index (χ2v) is 8.90. The van der Waals surface area contributed by atoms with Gasteiger partial charge in [-0.1, -0.05) is 0 Å². The van der Waals surface area contributed by atoms with Crippen molar-refractivity contribution in [2.45, 2.75) is 32.7 Å². The number of guanidine groups is 1. The van der Waals surface area contributed by atoms with Gasteiger partial charge in [-0.15, -0.1) is 35.3 Å². The molecule has 1 unspecified atom stereocenters. The van der Waals surface area contributed by atoms with Crippen molar-refractivity contribution < 1.29 is 14.3 Å². The van der Waals surface area contributed by atoms with E-state index in [1.165, 1.54) is 9.75 Å². The van der Waals surface area contributed by atoms with Gasteiger partial charge >= 0.3 is 5.97 Å². The molecule has 1 aromatic rings. The third kappa shape index (κ3) is 6.80. The number of hydrogen-bond acceptors (Lipinski definition) is 6. The lowest BCUT2D eigenvalue weighted by Gasteiger charge is -2.37. The first-order chi connectivity index (χ1) is 14.1. The van der Waals surface area contributed by atoms with Crippen molar-refractivity contribution in [2.75, 3.05) is 59.6 Å². The third-order valence-electron chi connectivity index (χ3n) is 5.58. The first-order valence-corrected chi connectivity index (χ1v) is 11.4. The van der Waals surface area contributed by atoms with Gasteiger partial charge in [-0.3, -0.25) is 14.7 Å². The molecule has 2 aliphatic rings. The molecule has 0 aliphatic carbocycles. The maximum Gasteiger partial charge on any atom is 0.310 e. The highest BCUT2D eigenvalue weighted by Crippen LogP contribution is 2.28. The number of ether oxygens (including phenoxy) is 2. The van der Waals surface area contributed by atoms with Crippen LogP contribution < -0.4 is 5.32 Å². The molecule has 30 heavy (non-hydrogen) atoms. The fraction of sp³-hybridized carbons (Fsp3) is 0.714. The Kier molecular flexibility index (Phi) is 10.8. The number of piperidine rings is 1. The van der Waals surface area contributed by atoms with Crippen LogP contribution in [-0.2, 0) is 14.3 Å². The van der Waals surface area contributed by atoms with Gasteiger partial charge in [0, 0.05) is 49.5 Å². The van der Waals surface area contributed by atoms with E-state index in [0.29, 0.717) is 19.2 Å². The topological polar surface area (TPSA) is 66.4 Å². The van der Waals surface area contributed by atoms with Crippen LogP contribution in [-0.4, -0.2) is 81.3 Å². The van der Waals surface area contributed by atoms with Gasteiger partial charge in [0.05, 0.1) is 31.8 Å². The van der Waals surface area contributed by atoms with Crippen LogP contribution in [0, 0.1) is 12.8 Å². The minimum absolute atomic E-state index is 0. The molecule has 170 valence electrons. The number of carbonyl (C=O) groups is 1. The molecule has 7 nitrogen and oxygen atoms in total. The van der Waals surface area contributed by atoms with E-state index in [0.717, 1.165) is 58.2 Å². The Balaban J connectivity index is 0.00000320. The second kappa shape index (κ2) is 12.8. The summed E-state index contributed by atoms with van der Waals surface area (Å²) in [6, 6.07) is 4.72.